The molecule has 0 amide bonds. The van der Waals surface area contributed by atoms with Gasteiger partial charge in [0.2, 0.25) is 0 Å². The van der Waals surface area contributed by atoms with E-state index in [-0.39, 0.29) is 16.7 Å². The number of aromatic amines is 1. The lowest BCUT2D eigenvalue weighted by Gasteiger charge is -2.12. The van der Waals surface area contributed by atoms with Gasteiger partial charge in [-0.15, -0.1) is 0 Å². The molecule has 2 aromatic rings. The molecule has 0 bridgehead atoms. The number of hydrogen-bond acceptors (Lipinski definition) is 4. The number of pyridine rings is 1. The van der Waals surface area contributed by atoms with Crippen molar-refractivity contribution in [3.05, 3.63) is 51.1 Å². The van der Waals surface area contributed by atoms with E-state index in [2.05, 4.69) is 4.98 Å². The van der Waals surface area contributed by atoms with Crippen LogP contribution in [0.4, 0.5) is 23.4 Å². The molecule has 0 saturated carbocycles. The Balaban J connectivity index is 2.91. The zero-order valence-electron chi connectivity index (χ0n) is 11.1. The summed E-state index contributed by atoms with van der Waals surface area (Å²) < 4.78 is 51.8. The van der Waals surface area contributed by atoms with Gasteiger partial charge >= 0.3 is 6.18 Å². The largest absolute Gasteiger partial charge is 0.419 e. The first-order valence-corrected chi connectivity index (χ1v) is 5.93. The van der Waals surface area contributed by atoms with Crippen molar-refractivity contribution >= 4 is 5.82 Å². The molecule has 5 nitrogen and oxygen atoms in total. The Bertz CT molecular complexity index is 932. The molecule has 0 aliphatic rings. The van der Waals surface area contributed by atoms with E-state index in [0.717, 1.165) is 6.07 Å². The number of hydrogen-bond donors (Lipinski definition) is 2. The van der Waals surface area contributed by atoms with Gasteiger partial charge in [-0.05, 0) is 17.7 Å². The summed E-state index contributed by atoms with van der Waals surface area (Å²) in [6.45, 7) is 0. The van der Waals surface area contributed by atoms with Crippen molar-refractivity contribution in [3.63, 3.8) is 0 Å². The van der Waals surface area contributed by atoms with Gasteiger partial charge in [0.25, 0.3) is 5.56 Å². The third-order valence-electron chi connectivity index (χ3n) is 3.03. The van der Waals surface area contributed by atoms with Crippen LogP contribution in [-0.4, -0.2) is 4.98 Å². The predicted octanol–water partition coefficient (Wildman–Crippen LogP) is 2.53. The molecule has 0 unspecified atom stereocenters. The molecule has 1 aromatic carbocycles. The summed E-state index contributed by atoms with van der Waals surface area (Å²) in [7, 11) is 0. The fourth-order valence-electron chi connectivity index (χ4n) is 2.03. The number of aromatic nitrogens is 1. The van der Waals surface area contributed by atoms with Gasteiger partial charge in [-0.25, -0.2) is 4.39 Å². The average Bonchev–Trinajstić information content (AvgIpc) is 2.46. The number of nitrogens with zero attached hydrogens (tertiary/aromatic N) is 2. The topological polar surface area (TPSA) is 106 Å². The highest BCUT2D eigenvalue weighted by atomic mass is 19.4. The number of nitrogens with two attached hydrogens (primary N) is 1. The first-order chi connectivity index (χ1) is 10.7. The highest BCUT2D eigenvalue weighted by molar-refractivity contribution is 5.80. The van der Waals surface area contributed by atoms with Crippen molar-refractivity contribution in [1.29, 1.82) is 10.5 Å². The van der Waals surface area contributed by atoms with Gasteiger partial charge in [0.05, 0.1) is 5.56 Å². The SMILES string of the molecule is N#Cc1c(N)[nH]c(=O)c(C#N)c1-c1ccc(F)c(C(F)(F)F)c1. The summed E-state index contributed by atoms with van der Waals surface area (Å²) in [6.07, 6.45) is -4.98. The molecular formula is C14H6F4N4O. The number of halogens is 4. The van der Waals surface area contributed by atoms with Crippen molar-refractivity contribution in [2.24, 2.45) is 0 Å². The van der Waals surface area contributed by atoms with Crippen molar-refractivity contribution in [1.82, 2.24) is 4.98 Å². The minimum Gasteiger partial charge on any atom is -0.384 e. The van der Waals surface area contributed by atoms with E-state index in [1.807, 2.05) is 0 Å². The van der Waals surface area contributed by atoms with E-state index in [1.165, 1.54) is 6.07 Å². The van der Waals surface area contributed by atoms with Crippen LogP contribution in [0, 0.1) is 28.5 Å². The monoisotopic (exact) mass is 322 g/mol. The fourth-order valence-corrected chi connectivity index (χ4v) is 2.03. The van der Waals surface area contributed by atoms with Crippen LogP contribution in [0.1, 0.15) is 16.7 Å². The Kier molecular flexibility index (Phi) is 3.81. The maximum Gasteiger partial charge on any atom is 0.419 e. The standard InChI is InChI=1S/C14H6F4N4O/c15-10-2-1-6(3-9(10)14(16,17)18)11-7(4-19)12(21)22-13(23)8(11)5-20/h1-3H,(H3,21,22,23). The van der Waals surface area contributed by atoms with E-state index in [1.54, 1.807) is 6.07 Å². The third kappa shape index (κ3) is 2.72. The molecule has 0 aliphatic carbocycles. The summed E-state index contributed by atoms with van der Waals surface area (Å²) in [5.74, 6) is -1.92. The second-order valence-electron chi connectivity index (χ2n) is 4.41. The molecule has 0 spiro atoms. The van der Waals surface area contributed by atoms with Crippen molar-refractivity contribution in [3.8, 4) is 23.3 Å². The fraction of sp³-hybridized carbons (Fsp3) is 0.0714. The normalized spacial score (nSPS) is 10.9. The number of nitriles is 2. The van der Waals surface area contributed by atoms with E-state index < -0.39 is 34.5 Å². The van der Waals surface area contributed by atoms with E-state index in [0.29, 0.717) is 12.1 Å². The van der Waals surface area contributed by atoms with Crippen LogP contribution in [0.3, 0.4) is 0 Å². The lowest BCUT2D eigenvalue weighted by atomic mass is 9.95. The van der Waals surface area contributed by atoms with Crippen LogP contribution in [0.5, 0.6) is 0 Å². The van der Waals surface area contributed by atoms with Crippen LogP contribution in [0.15, 0.2) is 23.0 Å². The maximum atomic E-state index is 13.4. The molecule has 0 aliphatic heterocycles. The van der Waals surface area contributed by atoms with Crippen molar-refractivity contribution in [2.75, 3.05) is 5.73 Å². The molecule has 0 radical (unpaired) electrons. The summed E-state index contributed by atoms with van der Waals surface area (Å²) in [5, 5.41) is 18.1. The molecule has 3 N–H and O–H groups in total. The summed E-state index contributed by atoms with van der Waals surface area (Å²) in [4.78, 5) is 13.8. The number of H-pyrrole nitrogens is 1. The number of anilines is 1. The van der Waals surface area contributed by atoms with Crippen LogP contribution in [0.25, 0.3) is 11.1 Å². The molecule has 2 rings (SSSR count). The molecule has 0 saturated heterocycles. The Morgan fingerprint density at radius 2 is 1.74 bits per heavy atom. The van der Waals surface area contributed by atoms with Gasteiger partial charge in [-0.2, -0.15) is 23.7 Å². The summed E-state index contributed by atoms with van der Waals surface area (Å²) in [6, 6.07) is 5.02. The zero-order chi connectivity index (χ0) is 17.4. The molecule has 0 atom stereocenters. The van der Waals surface area contributed by atoms with Crippen molar-refractivity contribution < 1.29 is 17.6 Å². The molecule has 1 aromatic heterocycles. The first-order valence-electron chi connectivity index (χ1n) is 5.93. The molecule has 116 valence electrons. The van der Waals surface area contributed by atoms with Gasteiger partial charge < -0.3 is 10.7 Å². The highest BCUT2D eigenvalue weighted by Gasteiger charge is 2.34. The highest BCUT2D eigenvalue weighted by Crippen LogP contribution is 2.36. The van der Waals surface area contributed by atoms with Gasteiger partial charge in [0.15, 0.2) is 0 Å². The Labute approximate surface area is 126 Å². The predicted molar refractivity (Wildman–Crippen MR) is 71.3 cm³/mol. The lowest BCUT2D eigenvalue weighted by molar-refractivity contribution is -0.139. The van der Waals surface area contributed by atoms with Crippen molar-refractivity contribution in [2.45, 2.75) is 6.18 Å². The van der Waals surface area contributed by atoms with Crippen LogP contribution >= 0.6 is 0 Å². The summed E-state index contributed by atoms with van der Waals surface area (Å²) in [5.41, 5.74) is 1.27. The Hall–Kier alpha value is -3.33. The number of rotatable bonds is 1. The molecular weight excluding hydrogens is 316 g/mol. The van der Waals surface area contributed by atoms with E-state index >= 15 is 0 Å². The van der Waals surface area contributed by atoms with Crippen LogP contribution in [-0.2, 0) is 6.18 Å². The van der Waals surface area contributed by atoms with Crippen LogP contribution in [0.2, 0.25) is 0 Å². The summed E-state index contributed by atoms with van der Waals surface area (Å²) >= 11 is 0. The van der Waals surface area contributed by atoms with Gasteiger partial charge in [-0.3, -0.25) is 4.79 Å². The van der Waals surface area contributed by atoms with E-state index in [4.69, 9.17) is 16.3 Å². The lowest BCUT2D eigenvalue weighted by Crippen LogP contribution is -2.16. The Morgan fingerprint density at radius 1 is 1.13 bits per heavy atom. The second-order valence-corrected chi connectivity index (χ2v) is 4.41. The Morgan fingerprint density at radius 3 is 2.26 bits per heavy atom. The second kappa shape index (κ2) is 5.46. The third-order valence-corrected chi connectivity index (χ3v) is 3.03. The quantitative estimate of drug-likeness (QED) is 0.787. The van der Waals surface area contributed by atoms with Gasteiger partial charge in [0, 0.05) is 5.56 Å². The smallest absolute Gasteiger partial charge is 0.384 e. The number of nitrogen functional groups attached to an aromatic ring is 1. The zero-order valence-corrected chi connectivity index (χ0v) is 11.1. The minimum absolute atomic E-state index is 0.315. The molecule has 9 heteroatoms. The number of nitrogens with one attached hydrogen (secondary N) is 1. The molecule has 23 heavy (non-hydrogen) atoms. The average molecular weight is 322 g/mol. The molecule has 0 fully saturated rings. The number of alkyl halides is 3. The number of benzene rings is 1. The molecule has 1 heterocycles. The first kappa shape index (κ1) is 16.0. The minimum atomic E-state index is -4.98. The van der Waals surface area contributed by atoms with Gasteiger partial charge in [-0.1, -0.05) is 6.07 Å². The van der Waals surface area contributed by atoms with E-state index in [9.17, 15) is 22.4 Å². The van der Waals surface area contributed by atoms with Crippen LogP contribution < -0.4 is 11.3 Å². The maximum absolute atomic E-state index is 13.4. The van der Waals surface area contributed by atoms with Gasteiger partial charge in [0.1, 0.15) is 34.9 Å².